The molecule has 1 aromatic heterocycles. The van der Waals surface area contributed by atoms with Crippen LogP contribution in [0.15, 0.2) is 42.5 Å². The number of sulfonamides is 1. The lowest BCUT2D eigenvalue weighted by Crippen LogP contribution is -2.49. The van der Waals surface area contributed by atoms with E-state index in [2.05, 4.69) is 15.1 Å². The number of piperazine rings is 1. The summed E-state index contributed by atoms with van der Waals surface area (Å²) in [5.41, 5.74) is 1.88. The van der Waals surface area contributed by atoms with Gasteiger partial charge in [0.1, 0.15) is 0 Å². The Morgan fingerprint density at radius 3 is 2.17 bits per heavy atom. The Hall–Kier alpha value is -1.99. The molecule has 1 aliphatic heterocycles. The van der Waals surface area contributed by atoms with Crippen LogP contribution in [0.4, 0.5) is 5.82 Å². The second-order valence-corrected chi connectivity index (χ2v) is 8.49. The van der Waals surface area contributed by atoms with Gasteiger partial charge in [0.05, 0.1) is 10.9 Å². The van der Waals surface area contributed by atoms with Gasteiger partial charge in [-0.2, -0.15) is 4.31 Å². The van der Waals surface area contributed by atoms with E-state index in [0.717, 1.165) is 29.9 Å². The zero-order valence-electron chi connectivity index (χ0n) is 13.4. The summed E-state index contributed by atoms with van der Waals surface area (Å²) in [5, 5.41) is 8.50. The zero-order valence-corrected chi connectivity index (χ0v) is 14.2. The maximum absolute atomic E-state index is 12.3. The first kappa shape index (κ1) is 15.5. The standard InChI is InChI=1S/C17H20N4O2S/c22-24(23,15-6-7-15)21-12-10-20(11-13-21)17-9-8-16(18-19-17)14-4-2-1-3-5-14/h1-5,8-9,15H,6-7,10-13H2. The van der Waals surface area contributed by atoms with E-state index in [1.807, 2.05) is 42.5 Å². The summed E-state index contributed by atoms with van der Waals surface area (Å²) in [7, 11) is -3.07. The van der Waals surface area contributed by atoms with Gasteiger partial charge in [0, 0.05) is 31.7 Å². The highest BCUT2D eigenvalue weighted by Crippen LogP contribution is 2.31. The van der Waals surface area contributed by atoms with E-state index in [0.29, 0.717) is 26.2 Å². The van der Waals surface area contributed by atoms with Crippen LogP contribution in [0.2, 0.25) is 0 Å². The molecule has 0 bridgehead atoms. The fourth-order valence-corrected chi connectivity index (χ4v) is 4.83. The topological polar surface area (TPSA) is 66.4 Å². The van der Waals surface area contributed by atoms with Crippen LogP contribution in [0, 0.1) is 0 Å². The molecule has 0 N–H and O–H groups in total. The number of hydrogen-bond acceptors (Lipinski definition) is 5. The van der Waals surface area contributed by atoms with E-state index in [-0.39, 0.29) is 5.25 Å². The molecular weight excluding hydrogens is 324 g/mol. The molecule has 0 radical (unpaired) electrons. The number of anilines is 1. The lowest BCUT2D eigenvalue weighted by atomic mass is 10.1. The largest absolute Gasteiger partial charge is 0.352 e. The lowest BCUT2D eigenvalue weighted by molar-refractivity contribution is 0.383. The maximum Gasteiger partial charge on any atom is 0.217 e. The molecule has 1 saturated carbocycles. The van der Waals surface area contributed by atoms with E-state index >= 15 is 0 Å². The molecule has 1 aliphatic carbocycles. The predicted molar refractivity (Wildman–Crippen MR) is 93.2 cm³/mol. The van der Waals surface area contributed by atoms with Crippen LogP contribution >= 0.6 is 0 Å². The summed E-state index contributed by atoms with van der Waals surface area (Å²) in [6, 6.07) is 13.9. The van der Waals surface area contributed by atoms with Crippen LogP contribution in [-0.4, -0.2) is 54.3 Å². The van der Waals surface area contributed by atoms with Gasteiger partial charge in [-0.1, -0.05) is 30.3 Å². The van der Waals surface area contributed by atoms with Gasteiger partial charge in [-0.15, -0.1) is 10.2 Å². The van der Waals surface area contributed by atoms with Gasteiger partial charge in [-0.25, -0.2) is 8.42 Å². The number of rotatable bonds is 4. The summed E-state index contributed by atoms with van der Waals surface area (Å²) in [5.74, 6) is 0.804. The quantitative estimate of drug-likeness (QED) is 0.845. The molecule has 2 aromatic rings. The Morgan fingerprint density at radius 2 is 1.58 bits per heavy atom. The van der Waals surface area contributed by atoms with Crippen molar-refractivity contribution >= 4 is 15.8 Å². The van der Waals surface area contributed by atoms with Crippen molar-refractivity contribution in [1.82, 2.24) is 14.5 Å². The molecule has 4 rings (SSSR count). The second-order valence-electron chi connectivity index (χ2n) is 6.27. The number of hydrogen-bond donors (Lipinski definition) is 0. The highest BCUT2D eigenvalue weighted by Gasteiger charge is 2.41. The van der Waals surface area contributed by atoms with E-state index in [1.165, 1.54) is 0 Å². The first-order valence-corrected chi connectivity index (χ1v) is 9.78. The third-order valence-electron chi connectivity index (χ3n) is 4.59. The predicted octanol–water partition coefficient (Wildman–Crippen LogP) is 1.76. The summed E-state index contributed by atoms with van der Waals surface area (Å²) in [6.45, 7) is 2.37. The van der Waals surface area contributed by atoms with Crippen molar-refractivity contribution in [3.8, 4) is 11.3 Å². The normalized spacial score (nSPS) is 19.4. The summed E-state index contributed by atoms with van der Waals surface area (Å²) in [4.78, 5) is 2.10. The minimum absolute atomic E-state index is 0.131. The van der Waals surface area contributed by atoms with Crippen LogP contribution < -0.4 is 4.90 Å². The van der Waals surface area contributed by atoms with Crippen LogP contribution in [-0.2, 0) is 10.0 Å². The lowest BCUT2D eigenvalue weighted by Gasteiger charge is -2.34. The summed E-state index contributed by atoms with van der Waals surface area (Å²) in [6.07, 6.45) is 1.63. The Bertz CT molecular complexity index is 796. The minimum Gasteiger partial charge on any atom is -0.352 e. The van der Waals surface area contributed by atoms with Crippen molar-refractivity contribution in [2.75, 3.05) is 31.1 Å². The van der Waals surface area contributed by atoms with Crippen molar-refractivity contribution in [3.05, 3.63) is 42.5 Å². The van der Waals surface area contributed by atoms with Crippen molar-refractivity contribution in [2.45, 2.75) is 18.1 Å². The van der Waals surface area contributed by atoms with E-state index in [9.17, 15) is 8.42 Å². The Morgan fingerprint density at radius 1 is 0.875 bits per heavy atom. The maximum atomic E-state index is 12.3. The Kier molecular flexibility index (Phi) is 3.97. The molecule has 1 aromatic carbocycles. The molecule has 2 heterocycles. The van der Waals surface area contributed by atoms with Crippen molar-refractivity contribution in [2.24, 2.45) is 0 Å². The molecule has 126 valence electrons. The number of benzene rings is 1. The van der Waals surface area contributed by atoms with Crippen LogP contribution in [0.3, 0.4) is 0 Å². The molecule has 24 heavy (non-hydrogen) atoms. The van der Waals surface area contributed by atoms with Gasteiger partial charge in [-0.05, 0) is 25.0 Å². The zero-order chi connectivity index (χ0) is 16.6. The van der Waals surface area contributed by atoms with Crippen LogP contribution in [0.5, 0.6) is 0 Å². The van der Waals surface area contributed by atoms with Gasteiger partial charge in [0.2, 0.25) is 10.0 Å². The van der Waals surface area contributed by atoms with Crippen LogP contribution in [0.25, 0.3) is 11.3 Å². The number of aromatic nitrogens is 2. The van der Waals surface area contributed by atoms with Crippen molar-refractivity contribution < 1.29 is 8.42 Å². The molecule has 6 nitrogen and oxygen atoms in total. The van der Waals surface area contributed by atoms with Gasteiger partial charge in [0.15, 0.2) is 5.82 Å². The van der Waals surface area contributed by atoms with Gasteiger partial charge < -0.3 is 4.90 Å². The van der Waals surface area contributed by atoms with E-state index in [4.69, 9.17) is 0 Å². The summed E-state index contributed by atoms with van der Waals surface area (Å²) < 4.78 is 26.2. The first-order chi connectivity index (χ1) is 11.6. The highest BCUT2D eigenvalue weighted by atomic mass is 32.2. The van der Waals surface area contributed by atoms with Gasteiger partial charge in [0.25, 0.3) is 0 Å². The van der Waals surface area contributed by atoms with E-state index in [1.54, 1.807) is 4.31 Å². The molecule has 7 heteroatoms. The molecule has 2 fully saturated rings. The fraction of sp³-hybridized carbons (Fsp3) is 0.412. The first-order valence-electron chi connectivity index (χ1n) is 8.28. The Balaban J connectivity index is 1.42. The van der Waals surface area contributed by atoms with Crippen molar-refractivity contribution in [1.29, 1.82) is 0 Å². The molecule has 0 amide bonds. The molecule has 2 aliphatic rings. The highest BCUT2D eigenvalue weighted by molar-refractivity contribution is 7.90. The minimum atomic E-state index is -3.07. The van der Waals surface area contributed by atoms with Gasteiger partial charge >= 0.3 is 0 Å². The Labute approximate surface area is 142 Å². The third kappa shape index (κ3) is 3.01. The van der Waals surface area contributed by atoms with Crippen LogP contribution in [0.1, 0.15) is 12.8 Å². The third-order valence-corrected chi connectivity index (χ3v) is 6.99. The monoisotopic (exact) mass is 344 g/mol. The average Bonchev–Trinajstić information content (AvgIpc) is 3.49. The molecular formula is C17H20N4O2S. The molecule has 0 unspecified atom stereocenters. The smallest absolute Gasteiger partial charge is 0.217 e. The molecule has 1 saturated heterocycles. The summed E-state index contributed by atoms with van der Waals surface area (Å²) >= 11 is 0. The molecule has 0 atom stereocenters. The second kappa shape index (κ2) is 6.14. The number of nitrogens with zero attached hydrogens (tertiary/aromatic N) is 4. The SMILES string of the molecule is O=S(=O)(C1CC1)N1CCN(c2ccc(-c3ccccc3)nn2)CC1. The van der Waals surface area contributed by atoms with Crippen molar-refractivity contribution in [3.63, 3.8) is 0 Å². The molecule has 0 spiro atoms. The fourth-order valence-electron chi connectivity index (χ4n) is 3.01. The average molecular weight is 344 g/mol. The van der Waals surface area contributed by atoms with E-state index < -0.39 is 10.0 Å². The van der Waals surface area contributed by atoms with Gasteiger partial charge in [-0.3, -0.25) is 0 Å².